The number of hydrogen-bond donors (Lipinski definition) is 2. The molecule has 1 heterocycles. The maximum Gasteiger partial charge on any atom is 0.243 e. The molecule has 0 bridgehead atoms. The van der Waals surface area contributed by atoms with E-state index in [4.69, 9.17) is 4.74 Å². The fourth-order valence-corrected chi connectivity index (χ4v) is 2.79. The smallest absolute Gasteiger partial charge is 0.243 e. The summed E-state index contributed by atoms with van der Waals surface area (Å²) in [7, 11) is 4.55. The highest BCUT2D eigenvalue weighted by atomic mass is 16.5. The number of carbonyl (C=O) groups is 5. The van der Waals surface area contributed by atoms with Gasteiger partial charge in [0.2, 0.25) is 29.5 Å². The van der Waals surface area contributed by atoms with Crippen LogP contribution in [0, 0.1) is 0 Å². The highest BCUT2D eigenvalue weighted by molar-refractivity contribution is 5.91. The molecule has 2 atom stereocenters. The lowest BCUT2D eigenvalue weighted by atomic mass is 10.2. The van der Waals surface area contributed by atoms with Crippen LogP contribution in [0.5, 0.6) is 0 Å². The summed E-state index contributed by atoms with van der Waals surface area (Å²) in [5.74, 6) is -1.77. The van der Waals surface area contributed by atoms with Crippen molar-refractivity contribution in [2.75, 3.05) is 47.6 Å². The molecule has 0 aromatic carbocycles. The molecule has 1 saturated heterocycles. The van der Waals surface area contributed by atoms with Gasteiger partial charge in [-0.2, -0.15) is 0 Å². The number of nitrogens with one attached hydrogen (secondary N) is 2. The minimum atomic E-state index is -0.882. The quantitative estimate of drug-likeness (QED) is 0.554. The van der Waals surface area contributed by atoms with Crippen LogP contribution in [-0.4, -0.2) is 104 Å². The minimum Gasteiger partial charge on any atom is -0.364 e. The van der Waals surface area contributed by atoms with Gasteiger partial charge in [-0.1, -0.05) is 0 Å². The molecule has 0 saturated carbocycles. The Kier molecular flexibility index (Phi) is 10.2. The number of nitrogens with zero attached hydrogens (tertiary/aromatic N) is 3. The normalized spacial score (nSPS) is 24.3. The predicted molar refractivity (Wildman–Crippen MR) is 108 cm³/mol. The van der Waals surface area contributed by atoms with Gasteiger partial charge in [0.25, 0.3) is 0 Å². The average molecular weight is 428 g/mol. The van der Waals surface area contributed by atoms with Crippen LogP contribution < -0.4 is 10.6 Å². The third-order valence-corrected chi connectivity index (χ3v) is 5.15. The first-order valence-electron chi connectivity index (χ1n) is 9.90. The molecule has 30 heavy (non-hydrogen) atoms. The van der Waals surface area contributed by atoms with E-state index in [1.54, 1.807) is 21.0 Å². The molecule has 0 aliphatic carbocycles. The average Bonchev–Trinajstić information content (AvgIpc) is 2.73. The number of carbonyl (C=O) groups excluding carboxylic acids is 5. The number of rotatable bonds is 2. The van der Waals surface area contributed by atoms with Gasteiger partial charge in [-0.15, -0.1) is 0 Å². The predicted octanol–water partition coefficient (Wildman–Crippen LogP) is -1.47. The van der Waals surface area contributed by atoms with Crippen molar-refractivity contribution >= 4 is 29.5 Å². The zero-order chi connectivity index (χ0) is 22.8. The molecule has 170 valence electrons. The van der Waals surface area contributed by atoms with Crippen LogP contribution in [0.4, 0.5) is 0 Å². The van der Waals surface area contributed by atoms with Gasteiger partial charge in [0, 0.05) is 59.6 Å². The van der Waals surface area contributed by atoms with E-state index in [0.29, 0.717) is 0 Å². The molecule has 1 aliphatic rings. The van der Waals surface area contributed by atoms with Crippen molar-refractivity contribution in [3.05, 3.63) is 0 Å². The fraction of sp³-hybridized carbons (Fsp3) is 0.737. The van der Waals surface area contributed by atoms with E-state index in [1.807, 2.05) is 0 Å². The van der Waals surface area contributed by atoms with E-state index in [1.165, 1.54) is 28.7 Å². The van der Waals surface area contributed by atoms with E-state index >= 15 is 0 Å². The molecular formula is C19H33N5O6. The fourth-order valence-electron chi connectivity index (χ4n) is 2.79. The summed E-state index contributed by atoms with van der Waals surface area (Å²) >= 11 is 0. The van der Waals surface area contributed by atoms with E-state index in [0.717, 1.165) is 0 Å². The monoisotopic (exact) mass is 427 g/mol. The van der Waals surface area contributed by atoms with Crippen LogP contribution >= 0.6 is 0 Å². The largest absolute Gasteiger partial charge is 0.364 e. The maximum absolute atomic E-state index is 12.6. The Bertz CT molecular complexity index is 655. The first-order chi connectivity index (χ1) is 14.1. The van der Waals surface area contributed by atoms with Gasteiger partial charge in [-0.25, -0.2) is 0 Å². The second-order valence-electron chi connectivity index (χ2n) is 7.40. The summed E-state index contributed by atoms with van der Waals surface area (Å²) in [6.07, 6.45) is -0.0244. The van der Waals surface area contributed by atoms with Crippen LogP contribution in [0.3, 0.4) is 0 Å². The zero-order valence-corrected chi connectivity index (χ0v) is 18.4. The number of likely N-dealkylation sites (N-methyl/N-ethyl adjacent to an activating group) is 2. The highest BCUT2D eigenvalue weighted by Gasteiger charge is 2.27. The van der Waals surface area contributed by atoms with Crippen molar-refractivity contribution in [3.63, 3.8) is 0 Å². The van der Waals surface area contributed by atoms with Crippen LogP contribution in [0.2, 0.25) is 0 Å². The summed E-state index contributed by atoms with van der Waals surface area (Å²) < 4.78 is 5.03. The van der Waals surface area contributed by atoms with Gasteiger partial charge < -0.3 is 30.1 Å². The summed E-state index contributed by atoms with van der Waals surface area (Å²) in [4.78, 5) is 65.7. The number of ether oxygens (including phenoxy) is 1. The first-order valence-corrected chi connectivity index (χ1v) is 9.90. The summed E-state index contributed by atoms with van der Waals surface area (Å²) in [6, 6.07) is -1.15. The zero-order valence-electron chi connectivity index (χ0n) is 18.4. The molecule has 5 amide bonds. The molecule has 1 rings (SSSR count). The Morgan fingerprint density at radius 1 is 0.933 bits per heavy atom. The molecule has 11 nitrogen and oxygen atoms in total. The number of hydrogen-bond acceptors (Lipinski definition) is 6. The van der Waals surface area contributed by atoms with Crippen molar-refractivity contribution < 1.29 is 28.7 Å². The van der Waals surface area contributed by atoms with E-state index < -0.39 is 17.9 Å². The molecule has 2 unspecified atom stereocenters. The first kappa shape index (κ1) is 25.3. The summed E-state index contributed by atoms with van der Waals surface area (Å²) in [5, 5.41) is 5.24. The third kappa shape index (κ3) is 7.62. The Morgan fingerprint density at radius 3 is 2.20 bits per heavy atom. The van der Waals surface area contributed by atoms with Crippen molar-refractivity contribution in [1.82, 2.24) is 25.3 Å². The van der Waals surface area contributed by atoms with Gasteiger partial charge in [-0.3, -0.25) is 24.0 Å². The molecule has 2 N–H and O–H groups in total. The van der Waals surface area contributed by atoms with E-state index in [2.05, 4.69) is 10.6 Å². The van der Waals surface area contributed by atoms with Gasteiger partial charge in [-0.05, 0) is 13.8 Å². The Hall–Kier alpha value is -2.69. The van der Waals surface area contributed by atoms with E-state index in [9.17, 15) is 24.0 Å². The lowest BCUT2D eigenvalue weighted by molar-refractivity contribution is -0.147. The van der Waals surface area contributed by atoms with Crippen LogP contribution in [0.15, 0.2) is 0 Å². The Balaban J connectivity index is 2.98. The lowest BCUT2D eigenvalue weighted by Gasteiger charge is -2.29. The van der Waals surface area contributed by atoms with Crippen molar-refractivity contribution in [3.8, 4) is 0 Å². The minimum absolute atomic E-state index is 0.0363. The maximum atomic E-state index is 12.6. The summed E-state index contributed by atoms with van der Waals surface area (Å²) in [6.45, 7) is 3.39. The van der Waals surface area contributed by atoms with Crippen LogP contribution in [-0.2, 0) is 28.7 Å². The lowest BCUT2D eigenvalue weighted by Crippen LogP contribution is -2.51. The molecule has 1 fully saturated rings. The molecule has 0 aromatic heterocycles. The summed E-state index contributed by atoms with van der Waals surface area (Å²) in [5.41, 5.74) is 0. The molecule has 0 aromatic rings. The third-order valence-electron chi connectivity index (χ3n) is 5.15. The Morgan fingerprint density at radius 2 is 1.57 bits per heavy atom. The second-order valence-corrected chi connectivity index (χ2v) is 7.40. The van der Waals surface area contributed by atoms with Crippen LogP contribution in [0.1, 0.15) is 33.1 Å². The number of methoxy groups -OCH3 is 1. The van der Waals surface area contributed by atoms with Gasteiger partial charge >= 0.3 is 0 Å². The Labute approximate surface area is 177 Å². The molecule has 0 spiro atoms. The van der Waals surface area contributed by atoms with Crippen molar-refractivity contribution in [2.24, 2.45) is 0 Å². The van der Waals surface area contributed by atoms with Gasteiger partial charge in [0.1, 0.15) is 12.8 Å². The van der Waals surface area contributed by atoms with Crippen molar-refractivity contribution in [2.45, 2.75) is 45.2 Å². The number of amides is 5. The van der Waals surface area contributed by atoms with Crippen molar-refractivity contribution in [1.29, 1.82) is 0 Å². The molecule has 0 radical (unpaired) electrons. The topological polar surface area (TPSA) is 128 Å². The molecule has 1 aliphatic heterocycles. The van der Waals surface area contributed by atoms with Gasteiger partial charge in [0.15, 0.2) is 0 Å². The molecule has 11 heteroatoms. The van der Waals surface area contributed by atoms with Gasteiger partial charge in [0.05, 0.1) is 6.54 Å². The highest BCUT2D eigenvalue weighted by Crippen LogP contribution is 2.08. The molecular weight excluding hydrogens is 394 g/mol. The standard InChI is InChI=1S/C19H33N5O6/c1-13-10-20-15(25)8-9-22(3)18(28)11-21-19(29)14(2)24(12-30-5)17(27)7-6-16(26)23(13)4/h13-14H,6-12H2,1-5H3,(H,20,25)(H,21,29). The van der Waals surface area contributed by atoms with Crippen LogP contribution in [0.25, 0.3) is 0 Å². The SMILES string of the molecule is COCN1C(=O)CCC(=O)N(C)C(C)CNC(=O)CCN(C)C(=O)CNC(=O)C1C. The van der Waals surface area contributed by atoms with E-state index in [-0.39, 0.29) is 69.4 Å². The second kappa shape index (κ2) is 12.1.